The summed E-state index contributed by atoms with van der Waals surface area (Å²) >= 11 is 0. The van der Waals surface area contributed by atoms with Crippen molar-refractivity contribution < 1.29 is 5.11 Å². The highest BCUT2D eigenvalue weighted by Gasteiger charge is 2.33. The number of piperidine rings is 1. The van der Waals surface area contributed by atoms with Gasteiger partial charge in [0.2, 0.25) is 0 Å². The largest absolute Gasteiger partial charge is 0.394 e. The second-order valence-electron chi connectivity index (χ2n) is 6.31. The monoisotopic (exact) mass is 276 g/mol. The molecule has 1 heterocycles. The highest BCUT2D eigenvalue weighted by atomic mass is 16.3. The van der Waals surface area contributed by atoms with E-state index in [0.29, 0.717) is 6.04 Å². The van der Waals surface area contributed by atoms with Gasteiger partial charge in [-0.15, -0.1) is 0 Å². The van der Waals surface area contributed by atoms with Gasteiger partial charge < -0.3 is 15.3 Å². The number of nitrogens with one attached hydrogen (secondary N) is 1. The van der Waals surface area contributed by atoms with Gasteiger partial charge in [-0.2, -0.15) is 0 Å². The Hall–Kier alpha value is -0.900. The zero-order valence-corrected chi connectivity index (χ0v) is 12.8. The molecule has 0 atom stereocenters. The Balaban J connectivity index is 1.79. The van der Waals surface area contributed by atoms with E-state index in [-0.39, 0.29) is 12.1 Å². The number of hydrogen-bond acceptors (Lipinski definition) is 3. The van der Waals surface area contributed by atoms with Crippen molar-refractivity contribution in [2.24, 2.45) is 0 Å². The minimum atomic E-state index is -0.0581. The Kier molecular flexibility index (Phi) is 5.58. The van der Waals surface area contributed by atoms with Crippen LogP contribution in [0.3, 0.4) is 0 Å². The van der Waals surface area contributed by atoms with Crippen LogP contribution >= 0.6 is 0 Å². The predicted molar refractivity (Wildman–Crippen MR) is 83.9 cm³/mol. The van der Waals surface area contributed by atoms with Crippen molar-refractivity contribution in [3.63, 3.8) is 0 Å². The van der Waals surface area contributed by atoms with Gasteiger partial charge in [-0.3, -0.25) is 0 Å². The first-order valence-corrected chi connectivity index (χ1v) is 7.78. The number of nitrogens with zero attached hydrogens (tertiary/aromatic N) is 1. The maximum Gasteiger partial charge on any atom is 0.0614 e. The molecule has 3 heteroatoms. The maximum atomic E-state index is 9.70. The first kappa shape index (κ1) is 15.5. The predicted octanol–water partition coefficient (Wildman–Crippen LogP) is 2.05. The molecule has 1 aliphatic heterocycles. The summed E-state index contributed by atoms with van der Waals surface area (Å²) < 4.78 is 0. The average Bonchev–Trinajstić information content (AvgIpc) is 2.47. The van der Waals surface area contributed by atoms with Crippen molar-refractivity contribution in [2.45, 2.75) is 44.7 Å². The third-order valence-corrected chi connectivity index (χ3v) is 4.27. The minimum Gasteiger partial charge on any atom is -0.394 e. The highest BCUT2D eigenvalue weighted by Crippen LogP contribution is 2.22. The molecule has 1 fully saturated rings. The first-order valence-electron chi connectivity index (χ1n) is 7.78. The molecule has 0 spiro atoms. The summed E-state index contributed by atoms with van der Waals surface area (Å²) in [7, 11) is 0. The summed E-state index contributed by atoms with van der Waals surface area (Å²) in [5.41, 5.74) is 1.35. The molecule has 2 rings (SSSR count). The summed E-state index contributed by atoms with van der Waals surface area (Å²) in [6.45, 7) is 7.82. The number of aliphatic hydroxyl groups is 1. The lowest BCUT2D eigenvalue weighted by molar-refractivity contribution is 0.0731. The molecule has 0 amide bonds. The molecule has 0 aliphatic carbocycles. The van der Waals surface area contributed by atoms with Gasteiger partial charge in [0.15, 0.2) is 0 Å². The zero-order chi connectivity index (χ0) is 14.4. The van der Waals surface area contributed by atoms with Crippen molar-refractivity contribution in [3.8, 4) is 0 Å². The lowest BCUT2D eigenvalue weighted by Crippen LogP contribution is -2.57. The summed E-state index contributed by atoms with van der Waals surface area (Å²) in [6.07, 6.45) is 3.19. The van der Waals surface area contributed by atoms with Gasteiger partial charge in [0.25, 0.3) is 0 Å². The van der Waals surface area contributed by atoms with E-state index in [9.17, 15) is 5.11 Å². The molecule has 1 saturated heterocycles. The van der Waals surface area contributed by atoms with Crippen LogP contribution < -0.4 is 5.32 Å². The number of likely N-dealkylation sites (tertiary alicyclic amines) is 1. The quantitative estimate of drug-likeness (QED) is 0.835. The smallest absolute Gasteiger partial charge is 0.0614 e. The van der Waals surface area contributed by atoms with Crippen LogP contribution in [0.4, 0.5) is 0 Å². The molecule has 0 bridgehead atoms. The molecule has 2 N–H and O–H groups in total. The molecular weight excluding hydrogens is 248 g/mol. The molecule has 20 heavy (non-hydrogen) atoms. The number of aliphatic hydroxyl groups excluding tert-OH is 1. The molecule has 3 nitrogen and oxygen atoms in total. The lowest BCUT2D eigenvalue weighted by Gasteiger charge is -2.42. The Morgan fingerprint density at radius 3 is 2.40 bits per heavy atom. The van der Waals surface area contributed by atoms with Crippen molar-refractivity contribution in [1.29, 1.82) is 0 Å². The minimum absolute atomic E-state index is 0.0581. The lowest BCUT2D eigenvalue weighted by atomic mass is 9.87. The normalized spacial score (nSPS) is 19.4. The van der Waals surface area contributed by atoms with E-state index in [2.05, 4.69) is 54.4 Å². The SMILES string of the molecule is CC(C)NC1(CO)CCN(CCc2ccccc2)CC1. The van der Waals surface area contributed by atoms with E-state index in [1.807, 2.05) is 0 Å². The van der Waals surface area contributed by atoms with Crippen LogP contribution in [-0.4, -0.2) is 47.8 Å². The fourth-order valence-electron chi connectivity index (χ4n) is 3.10. The van der Waals surface area contributed by atoms with E-state index < -0.39 is 0 Å². The number of rotatable bonds is 6. The molecule has 112 valence electrons. The van der Waals surface area contributed by atoms with Crippen molar-refractivity contribution >= 4 is 0 Å². The molecule has 0 unspecified atom stereocenters. The van der Waals surface area contributed by atoms with E-state index in [1.165, 1.54) is 5.56 Å². The Bertz CT molecular complexity index is 383. The van der Waals surface area contributed by atoms with Crippen molar-refractivity contribution in [2.75, 3.05) is 26.2 Å². The standard InChI is InChI=1S/C17H28N2O/c1-15(2)18-17(14-20)9-12-19(13-10-17)11-8-16-6-4-3-5-7-16/h3-7,15,18,20H,8-14H2,1-2H3. The fourth-order valence-corrected chi connectivity index (χ4v) is 3.10. The van der Waals surface area contributed by atoms with E-state index in [1.54, 1.807) is 0 Å². The van der Waals surface area contributed by atoms with Crippen LogP contribution in [0.1, 0.15) is 32.3 Å². The van der Waals surface area contributed by atoms with Gasteiger partial charge in [0, 0.05) is 18.1 Å². The second-order valence-corrected chi connectivity index (χ2v) is 6.31. The molecule has 0 aromatic heterocycles. The van der Waals surface area contributed by atoms with Crippen LogP contribution in [-0.2, 0) is 6.42 Å². The van der Waals surface area contributed by atoms with E-state index in [4.69, 9.17) is 0 Å². The fraction of sp³-hybridized carbons (Fsp3) is 0.647. The van der Waals surface area contributed by atoms with Crippen LogP contribution in [0.25, 0.3) is 0 Å². The summed E-state index contributed by atoms with van der Waals surface area (Å²) in [6, 6.07) is 11.1. The molecule has 1 aliphatic rings. The van der Waals surface area contributed by atoms with E-state index in [0.717, 1.165) is 38.9 Å². The van der Waals surface area contributed by atoms with Gasteiger partial charge >= 0.3 is 0 Å². The maximum absolute atomic E-state index is 9.70. The average molecular weight is 276 g/mol. The summed E-state index contributed by atoms with van der Waals surface area (Å²) in [5.74, 6) is 0. The van der Waals surface area contributed by atoms with Crippen molar-refractivity contribution in [1.82, 2.24) is 10.2 Å². The molecular formula is C17H28N2O. The van der Waals surface area contributed by atoms with Crippen LogP contribution in [0, 0.1) is 0 Å². The topological polar surface area (TPSA) is 35.5 Å². The van der Waals surface area contributed by atoms with Gasteiger partial charge in [0.05, 0.1) is 6.61 Å². The van der Waals surface area contributed by atoms with Gasteiger partial charge in [-0.05, 0) is 37.9 Å². The number of hydrogen-bond donors (Lipinski definition) is 2. The molecule has 0 saturated carbocycles. The third kappa shape index (κ3) is 4.30. The van der Waals surface area contributed by atoms with Gasteiger partial charge in [0.1, 0.15) is 0 Å². The Morgan fingerprint density at radius 1 is 1.20 bits per heavy atom. The Labute approximate surface area is 123 Å². The van der Waals surface area contributed by atoms with Crippen LogP contribution in [0.15, 0.2) is 30.3 Å². The summed E-state index contributed by atoms with van der Waals surface area (Å²) in [5, 5.41) is 13.3. The van der Waals surface area contributed by atoms with E-state index >= 15 is 0 Å². The second kappa shape index (κ2) is 7.21. The molecule has 0 radical (unpaired) electrons. The first-order chi connectivity index (χ1) is 9.63. The molecule has 1 aromatic carbocycles. The van der Waals surface area contributed by atoms with Gasteiger partial charge in [-0.1, -0.05) is 44.2 Å². The third-order valence-electron chi connectivity index (χ3n) is 4.27. The Morgan fingerprint density at radius 2 is 1.85 bits per heavy atom. The van der Waals surface area contributed by atoms with Gasteiger partial charge in [-0.25, -0.2) is 0 Å². The summed E-state index contributed by atoms with van der Waals surface area (Å²) in [4.78, 5) is 2.52. The van der Waals surface area contributed by atoms with Crippen LogP contribution in [0.2, 0.25) is 0 Å². The molecule has 1 aromatic rings. The van der Waals surface area contributed by atoms with Crippen molar-refractivity contribution in [3.05, 3.63) is 35.9 Å². The zero-order valence-electron chi connectivity index (χ0n) is 12.8. The van der Waals surface area contributed by atoms with Crippen LogP contribution in [0.5, 0.6) is 0 Å². The highest BCUT2D eigenvalue weighted by molar-refractivity contribution is 5.14. The number of benzene rings is 1.